The summed E-state index contributed by atoms with van der Waals surface area (Å²) in [7, 11) is 1.93. The van der Waals surface area contributed by atoms with Crippen LogP contribution < -0.4 is 9.64 Å². The molecule has 0 spiro atoms. The molecule has 5 nitrogen and oxygen atoms in total. The van der Waals surface area contributed by atoms with Gasteiger partial charge in [-0.1, -0.05) is 6.07 Å². The molecule has 0 saturated heterocycles. The highest BCUT2D eigenvalue weighted by Crippen LogP contribution is 2.23. The Morgan fingerprint density at radius 3 is 2.54 bits per heavy atom. The molecule has 2 heterocycles. The van der Waals surface area contributed by atoms with Gasteiger partial charge >= 0.3 is 0 Å². The summed E-state index contributed by atoms with van der Waals surface area (Å²) < 4.78 is 5.67. The summed E-state index contributed by atoms with van der Waals surface area (Å²) in [5.74, 6) is 1.40. The third-order valence-electron chi connectivity index (χ3n) is 3.50. The molecule has 2 aromatic heterocycles. The zero-order valence-corrected chi connectivity index (χ0v) is 14.1. The molecule has 0 saturated carbocycles. The molecular weight excluding hydrogens is 322 g/mol. The average Bonchev–Trinajstić information content (AvgIpc) is 3.17. The van der Waals surface area contributed by atoms with E-state index in [2.05, 4.69) is 16.0 Å². The predicted molar refractivity (Wildman–Crippen MR) is 95.9 cm³/mol. The Morgan fingerprint density at radius 1 is 1.17 bits per heavy atom. The van der Waals surface area contributed by atoms with Crippen molar-refractivity contribution in [3.63, 3.8) is 0 Å². The number of likely N-dealkylation sites (N-methyl/N-ethyl adjacent to an activating group) is 1. The molecule has 0 atom stereocenters. The molecular formula is C18H17N3O2S. The van der Waals surface area contributed by atoms with Gasteiger partial charge in [-0.05, 0) is 35.7 Å². The van der Waals surface area contributed by atoms with Crippen LogP contribution in [0, 0.1) is 0 Å². The van der Waals surface area contributed by atoms with E-state index in [9.17, 15) is 4.79 Å². The first-order valence-electron chi connectivity index (χ1n) is 7.51. The second-order valence-electron chi connectivity index (χ2n) is 5.21. The van der Waals surface area contributed by atoms with Gasteiger partial charge in [0, 0.05) is 35.4 Å². The van der Waals surface area contributed by atoms with Crippen molar-refractivity contribution in [1.82, 2.24) is 9.97 Å². The van der Waals surface area contributed by atoms with E-state index in [1.54, 1.807) is 35.6 Å². The summed E-state index contributed by atoms with van der Waals surface area (Å²) in [6, 6.07) is 11.1. The van der Waals surface area contributed by atoms with E-state index in [1.165, 1.54) is 0 Å². The van der Waals surface area contributed by atoms with Gasteiger partial charge in [0.25, 0.3) is 0 Å². The fourth-order valence-electron chi connectivity index (χ4n) is 2.13. The number of thiophene rings is 1. The van der Waals surface area contributed by atoms with Crippen LogP contribution in [0.3, 0.4) is 0 Å². The van der Waals surface area contributed by atoms with E-state index >= 15 is 0 Å². The fraction of sp³-hybridized carbons (Fsp3) is 0.167. The standard InChI is InChI=1S/C18H17N3O2S/c1-21(8-9-23-16-6-4-14(13-22)5-7-16)18-19-11-15(12-20-18)17-3-2-10-24-17/h2-7,10-13H,8-9H2,1H3. The van der Waals surface area contributed by atoms with Gasteiger partial charge in [0.15, 0.2) is 0 Å². The lowest BCUT2D eigenvalue weighted by Crippen LogP contribution is -2.25. The number of aldehydes is 1. The third-order valence-corrected chi connectivity index (χ3v) is 4.42. The minimum absolute atomic E-state index is 0.507. The lowest BCUT2D eigenvalue weighted by molar-refractivity contribution is 0.112. The molecule has 1 aromatic carbocycles. The van der Waals surface area contributed by atoms with Crippen LogP contribution >= 0.6 is 11.3 Å². The highest BCUT2D eigenvalue weighted by Gasteiger charge is 2.06. The fourth-order valence-corrected chi connectivity index (χ4v) is 2.83. The van der Waals surface area contributed by atoms with Crippen molar-refractivity contribution in [3.8, 4) is 16.2 Å². The van der Waals surface area contributed by atoms with E-state index in [0.29, 0.717) is 24.7 Å². The van der Waals surface area contributed by atoms with E-state index < -0.39 is 0 Å². The van der Waals surface area contributed by atoms with E-state index in [1.807, 2.05) is 35.8 Å². The van der Waals surface area contributed by atoms with Crippen LogP contribution in [0.4, 0.5) is 5.95 Å². The molecule has 0 bridgehead atoms. The Labute approximate surface area is 144 Å². The SMILES string of the molecule is CN(CCOc1ccc(C=O)cc1)c1ncc(-c2cccs2)cn1. The van der Waals surface area contributed by atoms with Crippen molar-refractivity contribution < 1.29 is 9.53 Å². The number of anilines is 1. The average molecular weight is 339 g/mol. The van der Waals surface area contributed by atoms with Crippen LogP contribution in [0.15, 0.2) is 54.2 Å². The second kappa shape index (κ2) is 7.70. The number of ether oxygens (including phenoxy) is 1. The van der Waals surface area contributed by atoms with Gasteiger partial charge in [0.05, 0.1) is 6.54 Å². The van der Waals surface area contributed by atoms with Crippen molar-refractivity contribution in [2.75, 3.05) is 25.1 Å². The van der Waals surface area contributed by atoms with Crippen LogP contribution in [-0.2, 0) is 0 Å². The molecule has 0 unspecified atom stereocenters. The molecule has 0 N–H and O–H groups in total. The van der Waals surface area contributed by atoms with Gasteiger partial charge in [-0.3, -0.25) is 4.79 Å². The topological polar surface area (TPSA) is 55.3 Å². The normalized spacial score (nSPS) is 10.4. The molecule has 0 aliphatic heterocycles. The Kier molecular flexibility index (Phi) is 5.18. The number of nitrogens with zero attached hydrogens (tertiary/aromatic N) is 3. The van der Waals surface area contributed by atoms with E-state index in [4.69, 9.17) is 4.74 Å². The number of carbonyl (C=O) groups is 1. The molecule has 0 fully saturated rings. The Balaban J connectivity index is 1.52. The van der Waals surface area contributed by atoms with Crippen molar-refractivity contribution in [2.24, 2.45) is 0 Å². The monoisotopic (exact) mass is 339 g/mol. The Hall–Kier alpha value is -2.73. The van der Waals surface area contributed by atoms with Crippen LogP contribution in [0.25, 0.3) is 10.4 Å². The summed E-state index contributed by atoms with van der Waals surface area (Å²) in [4.78, 5) is 22.5. The van der Waals surface area contributed by atoms with Gasteiger partial charge in [0.2, 0.25) is 5.95 Å². The number of benzene rings is 1. The molecule has 122 valence electrons. The first kappa shape index (κ1) is 16.1. The maximum absolute atomic E-state index is 10.6. The lowest BCUT2D eigenvalue weighted by Gasteiger charge is -2.17. The van der Waals surface area contributed by atoms with Crippen molar-refractivity contribution in [1.29, 1.82) is 0 Å². The summed E-state index contributed by atoms with van der Waals surface area (Å²) in [6.07, 6.45) is 4.49. The van der Waals surface area contributed by atoms with Gasteiger partial charge in [0.1, 0.15) is 18.6 Å². The molecule has 24 heavy (non-hydrogen) atoms. The number of aromatic nitrogens is 2. The highest BCUT2D eigenvalue weighted by molar-refractivity contribution is 7.13. The van der Waals surface area contributed by atoms with Gasteiger partial charge in [-0.25, -0.2) is 9.97 Å². The third kappa shape index (κ3) is 3.97. The second-order valence-corrected chi connectivity index (χ2v) is 6.15. The van der Waals surface area contributed by atoms with Crippen molar-refractivity contribution in [2.45, 2.75) is 0 Å². The predicted octanol–water partition coefficient (Wildman–Crippen LogP) is 3.53. The maximum atomic E-state index is 10.6. The van der Waals surface area contributed by atoms with Crippen LogP contribution in [-0.4, -0.2) is 36.5 Å². The summed E-state index contributed by atoms with van der Waals surface area (Å²) in [5.41, 5.74) is 1.66. The summed E-state index contributed by atoms with van der Waals surface area (Å²) in [5, 5.41) is 2.04. The number of rotatable bonds is 7. The van der Waals surface area contributed by atoms with Gasteiger partial charge in [-0.15, -0.1) is 11.3 Å². The van der Waals surface area contributed by atoms with Gasteiger partial charge in [-0.2, -0.15) is 0 Å². The number of hydrogen-bond acceptors (Lipinski definition) is 6. The van der Waals surface area contributed by atoms with Gasteiger partial charge < -0.3 is 9.64 Å². The highest BCUT2D eigenvalue weighted by atomic mass is 32.1. The first-order chi connectivity index (χ1) is 11.8. The minimum Gasteiger partial charge on any atom is -0.492 e. The van der Waals surface area contributed by atoms with Crippen molar-refractivity contribution >= 4 is 23.6 Å². The largest absolute Gasteiger partial charge is 0.492 e. The maximum Gasteiger partial charge on any atom is 0.225 e. The molecule has 0 aliphatic rings. The lowest BCUT2D eigenvalue weighted by atomic mass is 10.2. The first-order valence-corrected chi connectivity index (χ1v) is 8.39. The van der Waals surface area contributed by atoms with Crippen LogP contribution in [0.1, 0.15) is 10.4 Å². The molecule has 0 aliphatic carbocycles. The zero-order valence-electron chi connectivity index (χ0n) is 13.3. The quantitative estimate of drug-likeness (QED) is 0.616. The molecule has 0 radical (unpaired) electrons. The minimum atomic E-state index is 0.507. The van der Waals surface area contributed by atoms with Crippen LogP contribution in [0.5, 0.6) is 5.75 Å². The summed E-state index contributed by atoms with van der Waals surface area (Å²) in [6.45, 7) is 1.17. The summed E-state index contributed by atoms with van der Waals surface area (Å²) >= 11 is 1.67. The van der Waals surface area contributed by atoms with Crippen LogP contribution in [0.2, 0.25) is 0 Å². The number of hydrogen-bond donors (Lipinski definition) is 0. The number of carbonyl (C=O) groups excluding carboxylic acids is 1. The molecule has 3 rings (SSSR count). The molecule has 0 amide bonds. The Bertz CT molecular complexity index is 771. The molecule has 6 heteroatoms. The zero-order chi connectivity index (χ0) is 16.8. The van der Waals surface area contributed by atoms with E-state index in [-0.39, 0.29) is 0 Å². The van der Waals surface area contributed by atoms with E-state index in [0.717, 1.165) is 22.5 Å². The Morgan fingerprint density at radius 2 is 1.92 bits per heavy atom. The smallest absolute Gasteiger partial charge is 0.225 e. The van der Waals surface area contributed by atoms with Crippen molar-refractivity contribution in [3.05, 3.63) is 59.7 Å². The molecule has 3 aromatic rings.